The predicted octanol–water partition coefficient (Wildman–Crippen LogP) is 2.80. The van der Waals surface area contributed by atoms with Gasteiger partial charge in [0.15, 0.2) is 0 Å². The predicted molar refractivity (Wildman–Crippen MR) is 66.5 cm³/mol. The van der Waals surface area contributed by atoms with E-state index < -0.39 is 11.1 Å². The first-order valence-electron chi connectivity index (χ1n) is 5.09. The highest BCUT2D eigenvalue weighted by atomic mass is 32.2. The lowest BCUT2D eigenvalue weighted by atomic mass is 10.3. The molecule has 0 spiro atoms. The van der Waals surface area contributed by atoms with Gasteiger partial charge in [0.25, 0.3) is 0 Å². The average molecular weight is 248 g/mol. The van der Waals surface area contributed by atoms with Crippen LogP contribution in [0.1, 0.15) is 0 Å². The Morgan fingerprint density at radius 2 is 1.53 bits per heavy atom. The van der Waals surface area contributed by atoms with Crippen LogP contribution in [0.15, 0.2) is 59.5 Å². The zero-order chi connectivity index (χ0) is 12.1. The molecule has 0 bridgehead atoms. The highest BCUT2D eigenvalue weighted by molar-refractivity contribution is 7.80. The quantitative estimate of drug-likeness (QED) is 0.834. The van der Waals surface area contributed by atoms with Crippen LogP contribution in [0.25, 0.3) is 0 Å². The summed E-state index contributed by atoms with van der Waals surface area (Å²) in [5.41, 5.74) is 0. The highest BCUT2D eigenvalue weighted by Gasteiger charge is 2.06. The first kappa shape index (κ1) is 11.7. The maximum Gasteiger partial charge on any atom is 0.240 e. The summed E-state index contributed by atoms with van der Waals surface area (Å²) in [5, 5.41) is 0. The van der Waals surface area contributed by atoms with Gasteiger partial charge in [0.2, 0.25) is 11.1 Å². The molecule has 2 rings (SSSR count). The van der Waals surface area contributed by atoms with Crippen molar-refractivity contribution in [1.82, 2.24) is 0 Å². The van der Waals surface area contributed by atoms with E-state index in [1.165, 1.54) is 0 Å². The second kappa shape index (κ2) is 5.50. The summed E-state index contributed by atoms with van der Waals surface area (Å²) in [6, 6.07) is 16.0. The number of hydrogen-bond acceptors (Lipinski definition) is 3. The molecule has 0 aromatic heterocycles. The lowest BCUT2D eigenvalue weighted by Gasteiger charge is -2.05. The van der Waals surface area contributed by atoms with E-state index in [2.05, 4.69) is 0 Å². The van der Waals surface area contributed by atoms with Crippen LogP contribution in [0.4, 0.5) is 0 Å². The van der Waals surface area contributed by atoms with Crippen LogP contribution in [-0.2, 0) is 11.1 Å². The first-order valence-corrected chi connectivity index (χ1v) is 6.16. The van der Waals surface area contributed by atoms with Crippen molar-refractivity contribution in [2.75, 3.05) is 7.11 Å². The van der Waals surface area contributed by atoms with Crippen molar-refractivity contribution in [3.8, 4) is 11.5 Å². The van der Waals surface area contributed by atoms with Crippen molar-refractivity contribution in [3.05, 3.63) is 54.6 Å². The Labute approximate surface area is 103 Å². The van der Waals surface area contributed by atoms with E-state index in [1.54, 1.807) is 43.5 Å². The third-order valence-electron chi connectivity index (χ3n) is 2.17. The van der Waals surface area contributed by atoms with Gasteiger partial charge in [-0.25, -0.2) is 4.21 Å². The van der Waals surface area contributed by atoms with Gasteiger partial charge in [0.1, 0.15) is 11.5 Å². The zero-order valence-corrected chi connectivity index (χ0v) is 10.1. The molecule has 3 nitrogen and oxygen atoms in total. The summed E-state index contributed by atoms with van der Waals surface area (Å²) in [5.74, 6) is 1.31. The van der Waals surface area contributed by atoms with Crippen molar-refractivity contribution in [2.24, 2.45) is 0 Å². The summed E-state index contributed by atoms with van der Waals surface area (Å²) in [7, 11) is 1.59. The Morgan fingerprint density at radius 1 is 0.882 bits per heavy atom. The molecule has 0 heterocycles. The van der Waals surface area contributed by atoms with E-state index in [0.717, 1.165) is 5.75 Å². The molecule has 0 saturated carbocycles. The number of hydrogen-bond donors (Lipinski definition) is 0. The van der Waals surface area contributed by atoms with Gasteiger partial charge in [0.05, 0.1) is 12.0 Å². The van der Waals surface area contributed by atoms with Gasteiger partial charge in [-0.05, 0) is 36.4 Å². The minimum Gasteiger partial charge on any atom is -0.497 e. The van der Waals surface area contributed by atoms with Crippen molar-refractivity contribution in [2.45, 2.75) is 4.90 Å². The van der Waals surface area contributed by atoms with Gasteiger partial charge in [-0.2, -0.15) is 0 Å². The van der Waals surface area contributed by atoms with Crippen LogP contribution in [0.2, 0.25) is 0 Å². The Kier molecular flexibility index (Phi) is 3.77. The normalized spacial score (nSPS) is 11.8. The van der Waals surface area contributed by atoms with Crippen LogP contribution in [0.5, 0.6) is 11.5 Å². The lowest BCUT2D eigenvalue weighted by molar-refractivity contribution is 0.414. The lowest BCUT2D eigenvalue weighted by Crippen LogP contribution is -2.00. The summed E-state index contributed by atoms with van der Waals surface area (Å²) in [6.07, 6.45) is 0. The van der Waals surface area contributed by atoms with Gasteiger partial charge < -0.3 is 8.92 Å². The van der Waals surface area contributed by atoms with Crippen LogP contribution in [0, 0.1) is 0 Å². The Morgan fingerprint density at radius 3 is 2.12 bits per heavy atom. The Bertz CT molecular complexity index is 494. The number of rotatable bonds is 4. The fraction of sp³-hybridized carbons (Fsp3) is 0.0769. The van der Waals surface area contributed by atoms with Crippen molar-refractivity contribution >= 4 is 11.1 Å². The van der Waals surface area contributed by atoms with Crippen molar-refractivity contribution in [3.63, 3.8) is 0 Å². The molecule has 0 radical (unpaired) electrons. The van der Waals surface area contributed by atoms with Gasteiger partial charge in [-0.3, -0.25) is 0 Å². The average Bonchev–Trinajstić information content (AvgIpc) is 2.40. The van der Waals surface area contributed by atoms with Crippen molar-refractivity contribution < 1.29 is 13.1 Å². The molecule has 2 aromatic rings. The molecule has 1 unspecified atom stereocenters. The minimum atomic E-state index is -1.50. The fourth-order valence-corrected chi connectivity index (χ4v) is 2.04. The topological polar surface area (TPSA) is 35.5 Å². The number of benzene rings is 2. The van der Waals surface area contributed by atoms with E-state index in [4.69, 9.17) is 8.92 Å². The molecule has 0 aliphatic rings. The van der Waals surface area contributed by atoms with Crippen LogP contribution < -0.4 is 8.92 Å². The highest BCUT2D eigenvalue weighted by Crippen LogP contribution is 2.17. The summed E-state index contributed by atoms with van der Waals surface area (Å²) in [4.78, 5) is 0.606. The van der Waals surface area contributed by atoms with Gasteiger partial charge >= 0.3 is 0 Å². The molecule has 0 saturated heterocycles. The van der Waals surface area contributed by atoms with E-state index in [-0.39, 0.29) is 0 Å². The van der Waals surface area contributed by atoms with E-state index in [0.29, 0.717) is 10.6 Å². The number of methoxy groups -OCH3 is 1. The molecule has 0 aliphatic carbocycles. The third-order valence-corrected chi connectivity index (χ3v) is 3.17. The standard InChI is InChI=1S/C13H12O3S/c1-15-11-7-9-13(10-8-11)17(14)16-12-5-3-2-4-6-12/h2-10H,1H3. The Balaban J connectivity index is 2.09. The third kappa shape index (κ3) is 3.07. The first-order chi connectivity index (χ1) is 8.29. The molecule has 4 heteroatoms. The largest absolute Gasteiger partial charge is 0.497 e. The Hall–Kier alpha value is -1.81. The van der Waals surface area contributed by atoms with Gasteiger partial charge in [-0.1, -0.05) is 18.2 Å². The van der Waals surface area contributed by atoms with Crippen LogP contribution in [0.3, 0.4) is 0 Å². The molecule has 0 N–H and O–H groups in total. The molecule has 2 aromatic carbocycles. The van der Waals surface area contributed by atoms with Crippen LogP contribution in [-0.4, -0.2) is 11.3 Å². The number of ether oxygens (including phenoxy) is 1. The maximum absolute atomic E-state index is 11.9. The molecule has 0 amide bonds. The smallest absolute Gasteiger partial charge is 0.240 e. The maximum atomic E-state index is 11.9. The fourth-order valence-electron chi connectivity index (χ4n) is 1.30. The van der Waals surface area contributed by atoms with Gasteiger partial charge in [-0.15, -0.1) is 0 Å². The van der Waals surface area contributed by atoms with Gasteiger partial charge in [0, 0.05) is 0 Å². The molecule has 0 fully saturated rings. The van der Waals surface area contributed by atoms with Crippen LogP contribution >= 0.6 is 0 Å². The van der Waals surface area contributed by atoms with E-state index >= 15 is 0 Å². The van der Waals surface area contributed by atoms with E-state index in [1.807, 2.05) is 18.2 Å². The molecular formula is C13H12O3S. The molecule has 1 atom stereocenters. The molecule has 17 heavy (non-hydrogen) atoms. The second-order valence-corrected chi connectivity index (χ2v) is 4.41. The summed E-state index contributed by atoms with van der Waals surface area (Å²) < 4.78 is 22.2. The molecular weight excluding hydrogens is 236 g/mol. The summed E-state index contributed by atoms with van der Waals surface area (Å²) in [6.45, 7) is 0. The van der Waals surface area contributed by atoms with Crippen molar-refractivity contribution in [1.29, 1.82) is 0 Å². The summed E-state index contributed by atoms with van der Waals surface area (Å²) >= 11 is -1.50. The SMILES string of the molecule is COc1ccc(S(=O)Oc2ccccc2)cc1. The molecule has 0 aliphatic heterocycles. The monoisotopic (exact) mass is 248 g/mol. The second-order valence-electron chi connectivity index (χ2n) is 3.31. The molecule has 88 valence electrons. The number of para-hydroxylation sites is 1. The minimum absolute atomic E-state index is 0.585. The zero-order valence-electron chi connectivity index (χ0n) is 9.33. The van der Waals surface area contributed by atoms with E-state index in [9.17, 15) is 4.21 Å².